The van der Waals surface area contributed by atoms with Crippen LogP contribution in [0.15, 0.2) is 0 Å². The molecule has 0 rings (SSSR count). The van der Waals surface area contributed by atoms with E-state index in [4.69, 9.17) is 0 Å². The highest BCUT2D eigenvalue weighted by Gasteiger charge is 1.87. The first kappa shape index (κ1) is 97.1. The summed E-state index contributed by atoms with van der Waals surface area (Å²) in [5.74, 6) is -0.315. The number of thiocarbonyl (C=S) groups is 2. The number of ketones is 1. The minimum atomic E-state index is -0.407. The van der Waals surface area contributed by atoms with Gasteiger partial charge in [-0.25, -0.2) is 14.4 Å². The number of amides is 8. The van der Waals surface area contributed by atoms with Crippen molar-refractivity contribution < 1.29 is 81.1 Å². The van der Waals surface area contributed by atoms with E-state index in [1.807, 2.05) is 0 Å². The Labute approximate surface area is 430 Å². The molecule has 0 aromatic heterocycles. The zero-order chi connectivity index (χ0) is 58.4. The van der Waals surface area contributed by atoms with E-state index in [0.717, 1.165) is 0 Å². The molecule has 0 fully saturated rings. The van der Waals surface area contributed by atoms with E-state index >= 15 is 0 Å². The zero-order valence-electron chi connectivity index (χ0n) is 45.6. The molecule has 416 valence electrons. The van der Waals surface area contributed by atoms with Gasteiger partial charge in [-0.05, 0) is 50.8 Å². The molecule has 0 saturated carbocycles. The van der Waals surface area contributed by atoms with Gasteiger partial charge in [0, 0.05) is 112 Å². The molecule has 0 radical (unpaired) electrons. The third-order valence-electron chi connectivity index (χ3n) is 4.07. The summed E-state index contributed by atoms with van der Waals surface area (Å²) in [5, 5.41) is 25.0. The Kier molecular flexibility index (Phi) is 136. The molecule has 0 heterocycles. The molecule has 27 nitrogen and oxygen atoms in total. The highest BCUT2D eigenvalue weighted by Crippen LogP contribution is 1.89. The molecule has 0 spiro atoms. The SMILES string of the molecule is CC(C)=O.CNC(=O)NC.CNC(=O)OC.CNC(=O)OC.CNC(=O)SC.CNC(=O)SC.CNC(=S)OC.CNC(=S)OC.CNC(C)=O.CNC(C)=O.COC.COC(C)=O.COC(C)=O. The third-order valence-corrected chi connectivity index (χ3v) is 5.96. The molecule has 0 aromatic carbocycles. The highest BCUT2D eigenvalue weighted by molar-refractivity contribution is 8.13. The fourth-order valence-corrected chi connectivity index (χ4v) is 1.15. The predicted molar refractivity (Wildman–Crippen MR) is 284 cm³/mol. The van der Waals surface area contributed by atoms with Crippen molar-refractivity contribution in [3.8, 4) is 0 Å². The molecule has 0 aromatic rings. The number of esters is 2. The summed E-state index contributed by atoms with van der Waals surface area (Å²) in [6.07, 6.45) is 2.66. The Hall–Kier alpha value is -5.66. The minimum Gasteiger partial charge on any atom is -0.474 e. The van der Waals surface area contributed by atoms with Crippen molar-refractivity contribution in [2.75, 3.05) is 140 Å². The van der Waals surface area contributed by atoms with E-state index in [0.29, 0.717) is 10.3 Å². The molecule has 0 aliphatic rings. The Bertz CT molecular complexity index is 989. The molecule has 31 heteroatoms. The van der Waals surface area contributed by atoms with Crippen molar-refractivity contribution in [1.82, 2.24) is 53.2 Å². The molecule has 0 aliphatic carbocycles. The quantitative estimate of drug-likeness (QED) is 0.0940. The molecule has 0 unspecified atom stereocenters. The largest absolute Gasteiger partial charge is 0.474 e. The van der Waals surface area contributed by atoms with Crippen LogP contribution < -0.4 is 53.2 Å². The predicted octanol–water partition coefficient (Wildman–Crippen LogP) is 1.86. The van der Waals surface area contributed by atoms with E-state index in [1.54, 1.807) is 83.1 Å². The molecule has 8 amide bonds. The van der Waals surface area contributed by atoms with Crippen LogP contribution in [0.2, 0.25) is 0 Å². The summed E-state index contributed by atoms with van der Waals surface area (Å²) in [5.41, 5.74) is 0. The van der Waals surface area contributed by atoms with Gasteiger partial charge in [-0.1, -0.05) is 23.5 Å². The van der Waals surface area contributed by atoms with Crippen LogP contribution >= 0.6 is 48.0 Å². The van der Waals surface area contributed by atoms with Crippen LogP contribution in [0.25, 0.3) is 0 Å². The minimum absolute atomic E-state index is 0.00463. The van der Waals surface area contributed by atoms with Crippen LogP contribution in [0.4, 0.5) is 24.0 Å². The van der Waals surface area contributed by atoms with Gasteiger partial charge in [-0.2, -0.15) is 0 Å². The Morgan fingerprint density at radius 2 is 0.536 bits per heavy atom. The van der Waals surface area contributed by atoms with E-state index in [9.17, 15) is 47.9 Å². The molecule has 69 heavy (non-hydrogen) atoms. The molecular formula is C38H88N10O17S4. The van der Waals surface area contributed by atoms with Gasteiger partial charge in [0.2, 0.25) is 11.8 Å². The number of methoxy groups -OCH3 is 7. The first-order valence-electron chi connectivity index (χ1n) is 18.7. The number of urea groups is 1. The maximum absolute atomic E-state index is 10.0. The van der Waals surface area contributed by atoms with Crippen molar-refractivity contribution >= 4 is 117 Å². The second kappa shape index (κ2) is 96.4. The van der Waals surface area contributed by atoms with E-state index in [2.05, 4.69) is 111 Å². The highest BCUT2D eigenvalue weighted by atomic mass is 32.2. The second-order valence-electron chi connectivity index (χ2n) is 9.60. The number of nitrogens with one attached hydrogen (secondary N) is 10. The Morgan fingerprint density at radius 3 is 0.536 bits per heavy atom. The first-order chi connectivity index (χ1) is 31.9. The number of ether oxygens (including phenoxy) is 7. The first-order valence-corrected chi connectivity index (χ1v) is 21.9. The number of Topliss-reactive ketones (excluding diaryl/α,β-unsaturated/α-hetero) is 1. The molecule has 0 saturated heterocycles. The van der Waals surface area contributed by atoms with Crippen LogP contribution in [0.3, 0.4) is 0 Å². The van der Waals surface area contributed by atoms with Crippen molar-refractivity contribution in [1.29, 1.82) is 0 Å². The average Bonchev–Trinajstić information content (AvgIpc) is 3.35. The molecule has 0 bridgehead atoms. The summed E-state index contributed by atoms with van der Waals surface area (Å²) in [4.78, 5) is 97.7. The number of alkyl carbamates (subject to hydrolysis) is 2. The van der Waals surface area contributed by atoms with Crippen molar-refractivity contribution in [3.05, 3.63) is 0 Å². The number of carbonyl (C=O) groups is 10. The van der Waals surface area contributed by atoms with E-state index in [1.165, 1.54) is 122 Å². The van der Waals surface area contributed by atoms with Crippen LogP contribution in [0.5, 0.6) is 0 Å². The molecule has 0 atom stereocenters. The van der Waals surface area contributed by atoms with Gasteiger partial charge in [0.15, 0.2) is 0 Å². The second-order valence-corrected chi connectivity index (χ2v) is 11.9. The standard InChI is InChI=1S/C3H8N2O.2C3H7NO2.4C3H7NOS.2C3H7NO.2C3H6O2.C3H6O.C2H6O/c1-4-3(6)5-2;4*1-4-3(5)6-2;2*1-4-3(6)5-2;2*1-3(5)4-2;2*1-3(4)5-2;1-3(2)4;1-3-2/h1-2H3,(H2,4,5,6);4*1-2H3,(H,4,5);2*1-2H3,(H,4,6);2*1-2H3,(H,4,5);2*1-2H3;1-2H3;1-2H3. The maximum atomic E-state index is 10.0. The van der Waals surface area contributed by atoms with Crippen LogP contribution in [-0.4, -0.2) is 208 Å². The van der Waals surface area contributed by atoms with Gasteiger partial charge < -0.3 is 91.1 Å². The summed E-state index contributed by atoms with van der Waals surface area (Å²) in [6, 6.07) is -0.157. The summed E-state index contributed by atoms with van der Waals surface area (Å²) >= 11 is 11.4. The third kappa shape index (κ3) is 247. The van der Waals surface area contributed by atoms with Gasteiger partial charge in [0.1, 0.15) is 5.78 Å². The smallest absolute Gasteiger partial charge is 0.406 e. The zero-order valence-corrected chi connectivity index (χ0v) is 48.8. The van der Waals surface area contributed by atoms with Crippen LogP contribution in [-0.2, 0) is 57.1 Å². The van der Waals surface area contributed by atoms with Crippen molar-refractivity contribution in [2.45, 2.75) is 41.5 Å². The maximum Gasteiger partial charge on any atom is 0.406 e. The van der Waals surface area contributed by atoms with Crippen LogP contribution in [0.1, 0.15) is 41.5 Å². The summed E-state index contributed by atoms with van der Waals surface area (Å²) in [7, 11) is 27.6. The fraction of sp³-hybridized carbons (Fsp3) is 0.684. The van der Waals surface area contributed by atoms with E-state index in [-0.39, 0.29) is 46.0 Å². The Morgan fingerprint density at radius 1 is 0.348 bits per heavy atom. The number of thioether (sulfide) groups is 2. The summed E-state index contributed by atoms with van der Waals surface area (Å²) < 4.78 is 29.8. The fourth-order valence-electron chi connectivity index (χ4n) is 0.737. The van der Waals surface area contributed by atoms with Gasteiger partial charge in [-0.3, -0.25) is 28.8 Å². The number of hydrogen-bond acceptors (Lipinski definition) is 21. The average molecular weight is 1090 g/mol. The monoisotopic (exact) mass is 1080 g/mol. The number of rotatable bonds is 0. The number of carbonyl (C=O) groups excluding carboxylic acids is 10. The van der Waals surface area contributed by atoms with Crippen LogP contribution in [0, 0.1) is 0 Å². The normalized spacial score (nSPS) is 6.99. The topological polar surface area (TPSA) is 356 Å². The lowest BCUT2D eigenvalue weighted by molar-refractivity contribution is -0.138. The number of hydrogen-bond donors (Lipinski definition) is 10. The van der Waals surface area contributed by atoms with Gasteiger partial charge in [0.25, 0.3) is 20.8 Å². The molecule has 0 aliphatic heterocycles. The lowest BCUT2D eigenvalue weighted by Crippen LogP contribution is -2.28. The van der Waals surface area contributed by atoms with Gasteiger partial charge in [-0.15, -0.1) is 0 Å². The summed E-state index contributed by atoms with van der Waals surface area (Å²) in [6.45, 7) is 8.72. The van der Waals surface area contributed by atoms with Gasteiger partial charge in [0.05, 0.1) is 42.7 Å². The molecule has 10 N–H and O–H groups in total. The lowest BCUT2D eigenvalue weighted by Gasteiger charge is -1.95. The Balaban J connectivity index is -0.0000000449. The molecular weight excluding hydrogens is 997 g/mol. The lowest BCUT2D eigenvalue weighted by atomic mass is 10.6. The van der Waals surface area contributed by atoms with Gasteiger partial charge >= 0.3 is 30.2 Å². The van der Waals surface area contributed by atoms with Crippen molar-refractivity contribution in [3.63, 3.8) is 0 Å². The van der Waals surface area contributed by atoms with E-state index < -0.39 is 12.2 Å². The van der Waals surface area contributed by atoms with Crippen molar-refractivity contribution in [2.24, 2.45) is 0 Å².